The van der Waals surface area contributed by atoms with Crippen LogP contribution in [0.4, 0.5) is 11.4 Å². The van der Waals surface area contributed by atoms with Gasteiger partial charge in [0.25, 0.3) is 11.6 Å². The molecule has 1 saturated heterocycles. The zero-order valence-corrected chi connectivity index (χ0v) is 13.1. The van der Waals surface area contributed by atoms with Gasteiger partial charge in [-0.3, -0.25) is 25.1 Å². The summed E-state index contributed by atoms with van der Waals surface area (Å²) in [7, 11) is 2.45. The highest BCUT2D eigenvalue weighted by atomic mass is 16.6. The molecule has 25 heavy (non-hydrogen) atoms. The lowest BCUT2D eigenvalue weighted by Crippen LogP contribution is -2.36. The number of hydrazone groups is 1. The molecule has 2 amide bonds. The average Bonchev–Trinajstić information content (AvgIpc) is 3.14. The molecule has 0 aliphatic carbocycles. The van der Waals surface area contributed by atoms with Crippen molar-refractivity contribution in [2.24, 2.45) is 11.0 Å². The van der Waals surface area contributed by atoms with E-state index >= 15 is 0 Å². The van der Waals surface area contributed by atoms with Crippen LogP contribution in [0, 0.1) is 16.0 Å². The largest absolute Gasteiger partial charge is 0.496 e. The second-order valence-electron chi connectivity index (χ2n) is 5.20. The molecule has 0 unspecified atom stereocenters. The maximum atomic E-state index is 12.7. The van der Waals surface area contributed by atoms with Gasteiger partial charge in [-0.1, -0.05) is 0 Å². The number of nitro groups is 1. The highest BCUT2D eigenvalue weighted by Gasteiger charge is 2.56. The topological polar surface area (TPSA) is 140 Å². The second kappa shape index (κ2) is 5.85. The summed E-state index contributed by atoms with van der Waals surface area (Å²) in [5, 5.41) is 15.0. The standard InChI is InChI=1S/C14H12N4O7/c1-24-6-3-4-7(8(5-6)18(22)23)17-12(19)9-10(13(17)20)15-16-11(9)14(21)25-2/h3-5,9-10,15H,1-2H3/t9-,10-/m1/s1. The normalized spacial score (nSPS) is 21.5. The minimum Gasteiger partial charge on any atom is -0.496 e. The van der Waals surface area contributed by atoms with Gasteiger partial charge in [-0.15, -0.1) is 0 Å². The number of amides is 2. The molecule has 11 nitrogen and oxygen atoms in total. The Bertz CT molecular complexity index is 834. The lowest BCUT2D eigenvalue weighted by molar-refractivity contribution is -0.384. The van der Waals surface area contributed by atoms with Crippen molar-refractivity contribution < 1.29 is 28.8 Å². The van der Waals surface area contributed by atoms with E-state index in [1.54, 1.807) is 0 Å². The van der Waals surface area contributed by atoms with Crippen molar-refractivity contribution in [1.82, 2.24) is 5.43 Å². The molecule has 3 rings (SSSR count). The van der Waals surface area contributed by atoms with Crippen LogP contribution >= 0.6 is 0 Å². The maximum absolute atomic E-state index is 12.7. The van der Waals surface area contributed by atoms with Gasteiger partial charge < -0.3 is 9.47 Å². The summed E-state index contributed by atoms with van der Waals surface area (Å²) in [6.45, 7) is 0. The van der Waals surface area contributed by atoms with Gasteiger partial charge in [0, 0.05) is 0 Å². The first-order chi connectivity index (χ1) is 11.9. The van der Waals surface area contributed by atoms with Gasteiger partial charge in [0.2, 0.25) is 5.91 Å². The van der Waals surface area contributed by atoms with Gasteiger partial charge in [0.05, 0.1) is 25.2 Å². The highest BCUT2D eigenvalue weighted by Crippen LogP contribution is 2.37. The number of esters is 1. The number of benzene rings is 1. The minimum absolute atomic E-state index is 0.199. The van der Waals surface area contributed by atoms with E-state index < -0.39 is 40.4 Å². The van der Waals surface area contributed by atoms with Crippen molar-refractivity contribution in [3.05, 3.63) is 28.3 Å². The van der Waals surface area contributed by atoms with E-state index in [9.17, 15) is 24.5 Å². The molecule has 11 heteroatoms. The Morgan fingerprint density at radius 2 is 2.04 bits per heavy atom. The third-order valence-electron chi connectivity index (χ3n) is 3.94. The Labute approximate surface area is 140 Å². The summed E-state index contributed by atoms with van der Waals surface area (Å²) in [5.41, 5.74) is 1.49. The average molecular weight is 348 g/mol. The van der Waals surface area contributed by atoms with Gasteiger partial charge in [-0.2, -0.15) is 5.10 Å². The number of hydrogen-bond acceptors (Lipinski definition) is 9. The number of rotatable bonds is 4. The summed E-state index contributed by atoms with van der Waals surface area (Å²) < 4.78 is 9.47. The number of carbonyl (C=O) groups is 3. The van der Waals surface area contributed by atoms with Crippen molar-refractivity contribution in [3.63, 3.8) is 0 Å². The fourth-order valence-corrected chi connectivity index (χ4v) is 2.77. The van der Waals surface area contributed by atoms with Crippen LogP contribution in [-0.2, 0) is 19.1 Å². The van der Waals surface area contributed by atoms with E-state index in [4.69, 9.17) is 4.74 Å². The van der Waals surface area contributed by atoms with Crippen LogP contribution in [0.3, 0.4) is 0 Å². The smallest absolute Gasteiger partial charge is 0.355 e. The maximum Gasteiger partial charge on any atom is 0.355 e. The minimum atomic E-state index is -1.19. The fraction of sp³-hybridized carbons (Fsp3) is 0.286. The molecule has 1 aromatic rings. The number of fused-ring (bicyclic) bond motifs is 1. The van der Waals surface area contributed by atoms with Crippen LogP contribution in [-0.4, -0.2) is 48.7 Å². The van der Waals surface area contributed by atoms with Crippen LogP contribution in [0.2, 0.25) is 0 Å². The Morgan fingerprint density at radius 1 is 1.32 bits per heavy atom. The summed E-state index contributed by atoms with van der Waals surface area (Å²) >= 11 is 0. The Kier molecular flexibility index (Phi) is 3.83. The van der Waals surface area contributed by atoms with Gasteiger partial charge in [-0.05, 0) is 12.1 Å². The number of anilines is 1. The predicted octanol–water partition coefficient (Wildman–Crippen LogP) is -0.406. The number of hydrogen-bond donors (Lipinski definition) is 1. The number of nitrogens with zero attached hydrogens (tertiary/aromatic N) is 3. The van der Waals surface area contributed by atoms with E-state index in [0.29, 0.717) is 4.90 Å². The van der Waals surface area contributed by atoms with E-state index in [1.807, 2.05) is 0 Å². The van der Waals surface area contributed by atoms with Crippen molar-refractivity contribution in [3.8, 4) is 5.75 Å². The molecule has 0 saturated carbocycles. The summed E-state index contributed by atoms with van der Waals surface area (Å²) in [5.74, 6) is -3.39. The summed E-state index contributed by atoms with van der Waals surface area (Å²) in [6, 6.07) is 2.62. The van der Waals surface area contributed by atoms with Gasteiger partial charge in [0.1, 0.15) is 23.4 Å². The molecule has 0 bridgehead atoms. The van der Waals surface area contributed by atoms with Crippen LogP contribution in [0.25, 0.3) is 0 Å². The van der Waals surface area contributed by atoms with E-state index in [-0.39, 0.29) is 17.1 Å². The molecule has 1 N–H and O–H groups in total. The fourth-order valence-electron chi connectivity index (χ4n) is 2.77. The molecular weight excluding hydrogens is 336 g/mol. The lowest BCUT2D eigenvalue weighted by atomic mass is 9.99. The molecule has 2 atom stereocenters. The van der Waals surface area contributed by atoms with Crippen molar-refractivity contribution >= 4 is 34.9 Å². The number of carbonyl (C=O) groups excluding carboxylic acids is 3. The molecular formula is C14H12N4O7. The molecule has 1 aromatic carbocycles. The number of nitro benzene ring substituents is 1. The molecule has 0 aromatic heterocycles. The van der Waals surface area contributed by atoms with Gasteiger partial charge in [-0.25, -0.2) is 9.69 Å². The molecule has 2 aliphatic rings. The number of ether oxygens (including phenoxy) is 2. The lowest BCUT2D eigenvalue weighted by Gasteiger charge is -2.16. The highest BCUT2D eigenvalue weighted by molar-refractivity contribution is 6.46. The first-order valence-corrected chi connectivity index (χ1v) is 7.02. The number of imide groups is 1. The summed E-state index contributed by atoms with van der Waals surface area (Å²) in [4.78, 5) is 48.2. The molecule has 0 spiro atoms. The molecule has 2 aliphatic heterocycles. The monoisotopic (exact) mass is 348 g/mol. The zero-order chi connectivity index (χ0) is 18.3. The van der Waals surface area contributed by atoms with Gasteiger partial charge >= 0.3 is 5.97 Å². The second-order valence-corrected chi connectivity index (χ2v) is 5.20. The molecule has 130 valence electrons. The summed E-state index contributed by atoms with van der Waals surface area (Å²) in [6.07, 6.45) is 0. The quantitative estimate of drug-likeness (QED) is 0.335. The van der Waals surface area contributed by atoms with E-state index in [1.165, 1.54) is 19.2 Å². The molecule has 1 fully saturated rings. The Balaban J connectivity index is 2.04. The molecule has 2 heterocycles. The number of nitrogens with one attached hydrogen (secondary N) is 1. The van der Waals surface area contributed by atoms with Crippen LogP contribution in [0.15, 0.2) is 23.3 Å². The van der Waals surface area contributed by atoms with Crippen molar-refractivity contribution in [2.45, 2.75) is 6.04 Å². The van der Waals surface area contributed by atoms with Crippen molar-refractivity contribution in [1.29, 1.82) is 0 Å². The van der Waals surface area contributed by atoms with E-state index in [2.05, 4.69) is 15.3 Å². The molecule has 0 radical (unpaired) electrons. The SMILES string of the molecule is COC(=O)C1=NN[C@H]2C(=O)N(c3ccc(OC)cc3[N+](=O)[O-])C(=O)[C@@H]12. The van der Waals surface area contributed by atoms with E-state index in [0.717, 1.165) is 13.2 Å². The third kappa shape index (κ3) is 2.36. The first kappa shape index (κ1) is 16.4. The predicted molar refractivity (Wildman–Crippen MR) is 82.0 cm³/mol. The zero-order valence-electron chi connectivity index (χ0n) is 13.1. The van der Waals surface area contributed by atoms with Gasteiger partial charge in [0.15, 0.2) is 5.71 Å². The van der Waals surface area contributed by atoms with Crippen LogP contribution in [0.1, 0.15) is 0 Å². The Morgan fingerprint density at radius 3 is 2.64 bits per heavy atom. The van der Waals surface area contributed by atoms with Crippen LogP contribution < -0.4 is 15.1 Å². The third-order valence-corrected chi connectivity index (χ3v) is 3.94. The van der Waals surface area contributed by atoms with Crippen molar-refractivity contribution in [2.75, 3.05) is 19.1 Å². The van der Waals surface area contributed by atoms with Crippen LogP contribution in [0.5, 0.6) is 5.75 Å². The first-order valence-electron chi connectivity index (χ1n) is 7.02. The number of methoxy groups -OCH3 is 2. The Hall–Kier alpha value is -3.50.